The Balaban J connectivity index is 2.31. The molecule has 2 heteroatoms. The lowest BCUT2D eigenvalue weighted by Gasteiger charge is -2.25. The average Bonchev–Trinajstić information content (AvgIpc) is 2.18. The number of carbonyl (C=O) groups is 1. The van der Waals surface area contributed by atoms with Gasteiger partial charge in [0.05, 0.1) is 13.0 Å². The molecule has 0 atom stereocenters. The second-order valence-corrected chi connectivity index (χ2v) is 3.62. The van der Waals surface area contributed by atoms with Gasteiger partial charge >= 0.3 is 5.97 Å². The summed E-state index contributed by atoms with van der Waals surface area (Å²) >= 11 is 0. The van der Waals surface area contributed by atoms with Crippen molar-refractivity contribution in [1.29, 1.82) is 0 Å². The maximum atomic E-state index is 11.2. The molecule has 0 spiro atoms. The van der Waals surface area contributed by atoms with Crippen molar-refractivity contribution in [3.8, 4) is 5.92 Å². The summed E-state index contributed by atoms with van der Waals surface area (Å²) in [6, 6.07) is 0. The molecule has 0 aliphatic heterocycles. The Morgan fingerprint density at radius 2 is 2.08 bits per heavy atom. The van der Waals surface area contributed by atoms with Gasteiger partial charge in [-0.25, -0.2) is 0 Å². The summed E-state index contributed by atoms with van der Waals surface area (Å²) in [6.07, 6.45) is 11.5. The Kier molecular flexibility index (Phi) is 3.82. The Labute approximate surface area is 79.7 Å². The van der Waals surface area contributed by atoms with Crippen LogP contribution in [0.3, 0.4) is 0 Å². The van der Waals surface area contributed by atoms with Crippen molar-refractivity contribution in [3.05, 3.63) is 6.42 Å². The number of carbonyl (C=O) groups excluding carboxylic acids is 1. The molecule has 0 aromatic rings. The number of hydrogen-bond acceptors (Lipinski definition) is 2. The first-order valence-corrected chi connectivity index (χ1v) is 4.75. The molecule has 1 aliphatic rings. The molecule has 0 heterocycles. The van der Waals surface area contributed by atoms with Crippen molar-refractivity contribution in [2.75, 3.05) is 7.11 Å². The maximum absolute atomic E-state index is 11.2. The first-order chi connectivity index (χ1) is 6.27. The van der Waals surface area contributed by atoms with Crippen LogP contribution in [0.1, 0.15) is 32.1 Å². The van der Waals surface area contributed by atoms with E-state index < -0.39 is 0 Å². The fraction of sp³-hybridized carbons (Fsp3) is 0.727. The molecule has 1 saturated carbocycles. The summed E-state index contributed by atoms with van der Waals surface area (Å²) in [6.45, 7) is 0. The summed E-state index contributed by atoms with van der Waals surface area (Å²) < 4.78 is 4.69. The molecule has 0 aromatic carbocycles. The highest BCUT2D eigenvalue weighted by Crippen LogP contribution is 2.30. The Bertz CT molecular complexity index is 207. The van der Waals surface area contributed by atoms with Crippen LogP contribution in [0.15, 0.2) is 0 Å². The zero-order valence-corrected chi connectivity index (χ0v) is 8.01. The summed E-state index contributed by atoms with van der Waals surface area (Å²) in [7, 11) is 1.44. The molecular weight excluding hydrogens is 164 g/mol. The fourth-order valence-electron chi connectivity index (χ4n) is 1.91. The fourth-order valence-corrected chi connectivity index (χ4v) is 1.91. The van der Waals surface area contributed by atoms with E-state index in [0.29, 0.717) is 5.92 Å². The summed E-state index contributed by atoms with van der Waals surface area (Å²) in [5.74, 6) is 3.03. The highest BCUT2D eigenvalue weighted by Gasteiger charge is 2.26. The molecule has 1 rings (SSSR count). The molecule has 1 aliphatic carbocycles. The van der Waals surface area contributed by atoms with Gasteiger partial charge in [-0.15, -0.1) is 0 Å². The van der Waals surface area contributed by atoms with Crippen LogP contribution in [0.4, 0.5) is 0 Å². The number of ether oxygens (including phenoxy) is 1. The van der Waals surface area contributed by atoms with Crippen molar-refractivity contribution >= 4 is 5.97 Å². The van der Waals surface area contributed by atoms with E-state index in [2.05, 4.69) is 5.92 Å². The van der Waals surface area contributed by atoms with Crippen LogP contribution in [0.25, 0.3) is 0 Å². The van der Waals surface area contributed by atoms with Crippen LogP contribution in [0.5, 0.6) is 0 Å². The van der Waals surface area contributed by atoms with Gasteiger partial charge in [0.25, 0.3) is 0 Å². The number of rotatable bonds is 2. The van der Waals surface area contributed by atoms with E-state index in [1.807, 2.05) is 0 Å². The quantitative estimate of drug-likeness (QED) is 0.478. The molecule has 13 heavy (non-hydrogen) atoms. The predicted molar refractivity (Wildman–Crippen MR) is 49.2 cm³/mol. The standard InChI is InChI=1S/C11H15O2/c1-3-4-9-5-7-10(8-6-9)11(12)13-2/h9-10H,4-8H2,2H3. The molecule has 0 unspecified atom stereocenters. The Morgan fingerprint density at radius 3 is 2.54 bits per heavy atom. The molecule has 0 amide bonds. The molecule has 1 radical (unpaired) electrons. The minimum atomic E-state index is -0.0720. The van der Waals surface area contributed by atoms with Gasteiger partial charge in [-0.1, -0.05) is 5.92 Å². The van der Waals surface area contributed by atoms with Crippen LogP contribution in [0, 0.1) is 24.2 Å². The molecular formula is C11H15O2. The summed E-state index contributed by atoms with van der Waals surface area (Å²) in [5, 5.41) is 0. The van der Waals surface area contributed by atoms with Crippen LogP contribution in [-0.2, 0) is 9.53 Å². The normalized spacial score (nSPS) is 27.7. The number of hydrogen-bond donors (Lipinski definition) is 0. The van der Waals surface area contributed by atoms with E-state index in [-0.39, 0.29) is 11.9 Å². The zero-order chi connectivity index (χ0) is 9.68. The van der Waals surface area contributed by atoms with Crippen LogP contribution in [0.2, 0.25) is 0 Å². The van der Waals surface area contributed by atoms with Gasteiger partial charge in [0.15, 0.2) is 0 Å². The Morgan fingerprint density at radius 1 is 1.46 bits per heavy atom. The molecule has 0 saturated heterocycles. The Hall–Kier alpha value is -0.970. The van der Waals surface area contributed by atoms with E-state index in [4.69, 9.17) is 11.2 Å². The molecule has 71 valence electrons. The third kappa shape index (κ3) is 2.77. The lowest BCUT2D eigenvalue weighted by atomic mass is 9.81. The minimum Gasteiger partial charge on any atom is -0.469 e. The monoisotopic (exact) mass is 179 g/mol. The van der Waals surface area contributed by atoms with Gasteiger partial charge in [-0.3, -0.25) is 4.79 Å². The molecule has 0 N–H and O–H groups in total. The number of esters is 1. The van der Waals surface area contributed by atoms with Crippen LogP contribution >= 0.6 is 0 Å². The van der Waals surface area contributed by atoms with Gasteiger partial charge in [0, 0.05) is 6.42 Å². The van der Waals surface area contributed by atoms with E-state index in [9.17, 15) is 4.79 Å². The van der Waals surface area contributed by atoms with Gasteiger partial charge in [0.2, 0.25) is 0 Å². The summed E-state index contributed by atoms with van der Waals surface area (Å²) in [5.41, 5.74) is 0. The van der Waals surface area contributed by atoms with Crippen molar-refractivity contribution in [2.24, 2.45) is 11.8 Å². The first kappa shape index (κ1) is 10.1. The van der Waals surface area contributed by atoms with Crippen molar-refractivity contribution in [1.82, 2.24) is 0 Å². The highest BCUT2D eigenvalue weighted by molar-refractivity contribution is 5.72. The maximum Gasteiger partial charge on any atom is 0.308 e. The van der Waals surface area contributed by atoms with Crippen molar-refractivity contribution in [3.63, 3.8) is 0 Å². The van der Waals surface area contributed by atoms with Gasteiger partial charge in [-0.2, -0.15) is 0 Å². The third-order valence-electron chi connectivity index (χ3n) is 2.77. The molecule has 2 nitrogen and oxygen atoms in total. The van der Waals surface area contributed by atoms with Crippen LogP contribution in [-0.4, -0.2) is 13.1 Å². The first-order valence-electron chi connectivity index (χ1n) is 4.75. The van der Waals surface area contributed by atoms with E-state index in [1.165, 1.54) is 7.11 Å². The molecule has 0 aromatic heterocycles. The second kappa shape index (κ2) is 4.91. The van der Waals surface area contributed by atoms with Crippen LogP contribution < -0.4 is 0 Å². The minimum absolute atomic E-state index is 0.0720. The van der Waals surface area contributed by atoms with Crippen molar-refractivity contribution < 1.29 is 9.53 Å². The third-order valence-corrected chi connectivity index (χ3v) is 2.77. The van der Waals surface area contributed by atoms with E-state index in [0.717, 1.165) is 32.1 Å². The lowest BCUT2D eigenvalue weighted by Crippen LogP contribution is -2.22. The molecule has 1 fully saturated rings. The van der Waals surface area contributed by atoms with E-state index >= 15 is 0 Å². The highest BCUT2D eigenvalue weighted by atomic mass is 16.5. The zero-order valence-electron chi connectivity index (χ0n) is 8.01. The van der Waals surface area contributed by atoms with Gasteiger partial charge < -0.3 is 4.74 Å². The second-order valence-electron chi connectivity index (χ2n) is 3.62. The lowest BCUT2D eigenvalue weighted by molar-refractivity contribution is -0.146. The van der Waals surface area contributed by atoms with Gasteiger partial charge in [-0.05, 0) is 38.0 Å². The number of methoxy groups -OCH3 is 1. The summed E-state index contributed by atoms with van der Waals surface area (Å²) in [4.78, 5) is 11.2. The smallest absolute Gasteiger partial charge is 0.308 e. The topological polar surface area (TPSA) is 26.3 Å². The average molecular weight is 179 g/mol. The van der Waals surface area contributed by atoms with Crippen molar-refractivity contribution in [2.45, 2.75) is 32.1 Å². The molecule has 0 bridgehead atoms. The van der Waals surface area contributed by atoms with E-state index in [1.54, 1.807) is 0 Å². The SMILES string of the molecule is [C]#CCC1CCC(C(=O)OC)CC1. The predicted octanol–water partition coefficient (Wildman–Crippen LogP) is 1.95. The largest absolute Gasteiger partial charge is 0.469 e. The van der Waals surface area contributed by atoms with Gasteiger partial charge in [0.1, 0.15) is 0 Å².